The lowest BCUT2D eigenvalue weighted by Gasteiger charge is -2.28. The highest BCUT2D eigenvalue weighted by atomic mass is 32.1. The van der Waals surface area contributed by atoms with Gasteiger partial charge in [0.15, 0.2) is 5.11 Å². The molecule has 1 aliphatic rings. The van der Waals surface area contributed by atoms with E-state index in [2.05, 4.69) is 22.0 Å². The second-order valence-electron chi connectivity index (χ2n) is 6.98. The summed E-state index contributed by atoms with van der Waals surface area (Å²) in [6.07, 6.45) is 3.61. The van der Waals surface area contributed by atoms with Crippen LogP contribution in [-0.2, 0) is 20.9 Å². The lowest BCUT2D eigenvalue weighted by atomic mass is 10.1. The van der Waals surface area contributed by atoms with Crippen molar-refractivity contribution in [1.82, 2.24) is 14.8 Å². The van der Waals surface area contributed by atoms with Gasteiger partial charge < -0.3 is 9.30 Å². The molecule has 1 N–H and O–H groups in total. The molecule has 0 saturated carbocycles. The monoisotopic (exact) mass is 419 g/mol. The number of nitrogens with zero attached hydrogens (tertiary/aromatic N) is 2. The molecule has 3 aromatic rings. The Morgan fingerprint density at radius 2 is 1.80 bits per heavy atom. The largest absolute Gasteiger partial charge is 0.383 e. The zero-order chi connectivity index (χ0) is 21.1. The molecule has 1 aliphatic heterocycles. The van der Waals surface area contributed by atoms with Gasteiger partial charge in [-0.25, -0.2) is 0 Å². The smallest absolute Gasteiger partial charge is 0.265 e. The highest BCUT2D eigenvalue weighted by Gasteiger charge is 2.33. The van der Waals surface area contributed by atoms with Crippen molar-refractivity contribution >= 4 is 46.1 Å². The SMILES string of the molecule is COCCN1C(=O)/C(=C/c2cn(Cc3ccccc3)c3ccccc23)C(=O)NC1=S. The Bertz CT molecular complexity index is 1150. The Kier molecular flexibility index (Phi) is 5.74. The number of hydrogen-bond donors (Lipinski definition) is 1. The first-order chi connectivity index (χ1) is 14.6. The van der Waals surface area contributed by atoms with Crippen molar-refractivity contribution in [3.05, 3.63) is 77.5 Å². The number of hydrogen-bond acceptors (Lipinski definition) is 4. The van der Waals surface area contributed by atoms with Crippen LogP contribution in [-0.4, -0.2) is 46.7 Å². The molecule has 2 aromatic carbocycles. The first kappa shape index (κ1) is 20.0. The molecule has 2 heterocycles. The van der Waals surface area contributed by atoms with Crippen LogP contribution in [0, 0.1) is 0 Å². The minimum atomic E-state index is -0.487. The summed E-state index contributed by atoms with van der Waals surface area (Å²) in [5, 5.41) is 3.67. The molecular weight excluding hydrogens is 398 g/mol. The van der Waals surface area contributed by atoms with Crippen LogP contribution < -0.4 is 5.32 Å². The van der Waals surface area contributed by atoms with Crippen LogP contribution in [0.5, 0.6) is 0 Å². The molecule has 4 rings (SSSR count). The van der Waals surface area contributed by atoms with Gasteiger partial charge in [0.05, 0.1) is 13.2 Å². The molecule has 7 heteroatoms. The van der Waals surface area contributed by atoms with Gasteiger partial charge in [0.25, 0.3) is 11.8 Å². The number of carbonyl (C=O) groups excluding carboxylic acids is 2. The minimum absolute atomic E-state index is 0.0577. The zero-order valence-electron chi connectivity index (χ0n) is 16.5. The predicted octanol–water partition coefficient (Wildman–Crippen LogP) is 2.96. The van der Waals surface area contributed by atoms with Crippen molar-refractivity contribution in [3.8, 4) is 0 Å². The molecule has 0 aliphatic carbocycles. The molecular formula is C23H21N3O3S. The molecule has 6 nitrogen and oxygen atoms in total. The van der Waals surface area contributed by atoms with Gasteiger partial charge in [-0.2, -0.15) is 0 Å². The van der Waals surface area contributed by atoms with E-state index in [4.69, 9.17) is 17.0 Å². The minimum Gasteiger partial charge on any atom is -0.383 e. The van der Waals surface area contributed by atoms with E-state index in [0.717, 1.165) is 16.5 Å². The maximum atomic E-state index is 12.9. The van der Waals surface area contributed by atoms with Gasteiger partial charge in [0.2, 0.25) is 0 Å². The number of thiocarbonyl (C=S) groups is 1. The van der Waals surface area contributed by atoms with Crippen molar-refractivity contribution in [2.45, 2.75) is 6.54 Å². The number of nitrogens with one attached hydrogen (secondary N) is 1. The number of para-hydroxylation sites is 1. The van der Waals surface area contributed by atoms with Gasteiger partial charge >= 0.3 is 0 Å². The lowest BCUT2D eigenvalue weighted by molar-refractivity contribution is -0.129. The van der Waals surface area contributed by atoms with E-state index in [1.165, 1.54) is 10.5 Å². The summed E-state index contributed by atoms with van der Waals surface area (Å²) in [6, 6.07) is 18.1. The summed E-state index contributed by atoms with van der Waals surface area (Å²) in [5.41, 5.74) is 3.06. The zero-order valence-corrected chi connectivity index (χ0v) is 17.3. The van der Waals surface area contributed by atoms with E-state index in [9.17, 15) is 9.59 Å². The van der Waals surface area contributed by atoms with Gasteiger partial charge in [-0.3, -0.25) is 19.8 Å². The lowest BCUT2D eigenvalue weighted by Crippen LogP contribution is -2.54. The molecule has 0 bridgehead atoms. The molecule has 2 amide bonds. The van der Waals surface area contributed by atoms with Crippen molar-refractivity contribution in [2.24, 2.45) is 0 Å². The average molecular weight is 420 g/mol. The molecule has 152 valence electrons. The van der Waals surface area contributed by atoms with E-state index in [1.807, 2.05) is 48.7 Å². The third-order valence-corrected chi connectivity index (χ3v) is 5.34. The van der Waals surface area contributed by atoms with E-state index < -0.39 is 11.8 Å². The highest BCUT2D eigenvalue weighted by molar-refractivity contribution is 7.80. The fourth-order valence-electron chi connectivity index (χ4n) is 3.54. The van der Waals surface area contributed by atoms with E-state index in [-0.39, 0.29) is 17.2 Å². The van der Waals surface area contributed by atoms with Crippen molar-refractivity contribution in [3.63, 3.8) is 0 Å². The fourth-order valence-corrected chi connectivity index (χ4v) is 3.80. The summed E-state index contributed by atoms with van der Waals surface area (Å²) in [4.78, 5) is 26.8. The molecule has 0 unspecified atom stereocenters. The molecule has 1 saturated heterocycles. The molecule has 1 aromatic heterocycles. The number of carbonyl (C=O) groups is 2. The average Bonchev–Trinajstić information content (AvgIpc) is 3.09. The van der Waals surface area contributed by atoms with Crippen LogP contribution in [0.4, 0.5) is 0 Å². The third-order valence-electron chi connectivity index (χ3n) is 5.02. The molecule has 1 fully saturated rings. The number of rotatable bonds is 6. The molecule has 0 spiro atoms. The fraction of sp³-hybridized carbons (Fsp3) is 0.174. The van der Waals surface area contributed by atoms with Gasteiger partial charge in [-0.1, -0.05) is 48.5 Å². The normalized spacial score (nSPS) is 15.8. The Balaban J connectivity index is 1.74. The second kappa shape index (κ2) is 8.61. The van der Waals surface area contributed by atoms with Gasteiger partial charge in [-0.05, 0) is 29.9 Å². The summed E-state index contributed by atoms with van der Waals surface area (Å²) >= 11 is 5.15. The summed E-state index contributed by atoms with van der Waals surface area (Å²) in [5.74, 6) is -0.903. The maximum Gasteiger partial charge on any atom is 0.265 e. The number of fused-ring (bicyclic) bond motifs is 1. The second-order valence-corrected chi connectivity index (χ2v) is 7.37. The third kappa shape index (κ3) is 3.90. The van der Waals surface area contributed by atoms with Crippen molar-refractivity contribution in [1.29, 1.82) is 0 Å². The van der Waals surface area contributed by atoms with E-state index in [0.29, 0.717) is 13.2 Å². The first-order valence-electron chi connectivity index (χ1n) is 9.58. The molecule has 0 atom stereocenters. The highest BCUT2D eigenvalue weighted by Crippen LogP contribution is 2.25. The number of amides is 2. The van der Waals surface area contributed by atoms with Crippen LogP contribution in [0.15, 0.2) is 66.4 Å². The van der Waals surface area contributed by atoms with Gasteiger partial charge in [0.1, 0.15) is 5.57 Å². The van der Waals surface area contributed by atoms with E-state index >= 15 is 0 Å². The Morgan fingerprint density at radius 1 is 1.07 bits per heavy atom. The molecule has 30 heavy (non-hydrogen) atoms. The van der Waals surface area contributed by atoms with Gasteiger partial charge in [-0.15, -0.1) is 0 Å². The van der Waals surface area contributed by atoms with Crippen LogP contribution in [0.25, 0.3) is 17.0 Å². The quantitative estimate of drug-likeness (QED) is 0.379. The van der Waals surface area contributed by atoms with Crippen molar-refractivity contribution < 1.29 is 14.3 Å². The van der Waals surface area contributed by atoms with Crippen LogP contribution in [0.3, 0.4) is 0 Å². The van der Waals surface area contributed by atoms with Crippen LogP contribution in [0.1, 0.15) is 11.1 Å². The topological polar surface area (TPSA) is 63.6 Å². The van der Waals surface area contributed by atoms with Crippen LogP contribution >= 0.6 is 12.2 Å². The summed E-state index contributed by atoms with van der Waals surface area (Å²) in [6.45, 7) is 1.29. The summed E-state index contributed by atoms with van der Waals surface area (Å²) < 4.78 is 7.17. The number of ether oxygens (including phenoxy) is 1. The standard InChI is InChI=1S/C23H21N3O3S/c1-29-12-11-26-22(28)19(21(27)24-23(26)30)13-17-15-25(14-16-7-3-2-4-8-16)20-10-6-5-9-18(17)20/h2-10,13,15H,11-12,14H2,1H3,(H,24,27,30)/b19-13+. The number of methoxy groups -OCH3 is 1. The molecule has 0 radical (unpaired) electrons. The first-order valence-corrected chi connectivity index (χ1v) is 9.99. The van der Waals surface area contributed by atoms with E-state index in [1.54, 1.807) is 13.2 Å². The number of benzene rings is 2. The number of aromatic nitrogens is 1. The van der Waals surface area contributed by atoms with Gasteiger partial charge in [0, 0.05) is 36.3 Å². The Morgan fingerprint density at radius 3 is 2.57 bits per heavy atom. The Labute approximate surface area is 179 Å². The van der Waals surface area contributed by atoms with Crippen LogP contribution in [0.2, 0.25) is 0 Å². The maximum absolute atomic E-state index is 12.9. The summed E-state index contributed by atoms with van der Waals surface area (Å²) in [7, 11) is 1.55. The Hall–Kier alpha value is -3.29. The van der Waals surface area contributed by atoms with Crippen molar-refractivity contribution in [2.75, 3.05) is 20.3 Å². The predicted molar refractivity (Wildman–Crippen MR) is 120 cm³/mol.